The summed E-state index contributed by atoms with van der Waals surface area (Å²) in [5.74, 6) is 0.173. The van der Waals surface area contributed by atoms with Gasteiger partial charge in [-0.2, -0.15) is 4.37 Å². The van der Waals surface area contributed by atoms with Crippen LogP contribution in [0.1, 0.15) is 44.6 Å². The summed E-state index contributed by atoms with van der Waals surface area (Å²) in [6, 6.07) is 0. The molecule has 0 unspecified atom stereocenters. The maximum atomic E-state index is 12.0. The number of carbonyl (C=O) groups is 1. The first-order valence-corrected chi connectivity index (χ1v) is 6.47. The van der Waals surface area contributed by atoms with Crippen LogP contribution in [0.15, 0.2) is 17.7 Å². The molecule has 0 saturated heterocycles. The lowest BCUT2D eigenvalue weighted by Gasteiger charge is -2.20. The van der Waals surface area contributed by atoms with E-state index in [1.54, 1.807) is 0 Å². The summed E-state index contributed by atoms with van der Waals surface area (Å²) in [5, 5.41) is 0. The van der Waals surface area contributed by atoms with Crippen LogP contribution in [0.3, 0.4) is 0 Å². The molecule has 0 fully saturated rings. The zero-order chi connectivity index (χ0) is 12.6. The minimum Gasteiger partial charge on any atom is -0.294 e. The Morgan fingerprint density at radius 2 is 2.12 bits per heavy atom. The summed E-state index contributed by atoms with van der Waals surface area (Å²) >= 11 is 1.44. The van der Waals surface area contributed by atoms with Crippen LogP contribution in [0, 0.1) is 6.20 Å². The highest BCUT2D eigenvalue weighted by molar-refractivity contribution is 7.06. The third-order valence-corrected chi connectivity index (χ3v) is 3.98. The van der Waals surface area contributed by atoms with E-state index in [1.807, 2.05) is 19.1 Å². The van der Waals surface area contributed by atoms with Gasteiger partial charge in [0.1, 0.15) is 6.20 Å². The second kappa shape index (κ2) is 4.22. The molecule has 0 amide bonds. The highest BCUT2D eigenvalue weighted by Crippen LogP contribution is 2.36. The maximum Gasteiger partial charge on any atom is 0.167 e. The molecule has 2 nitrogen and oxygen atoms in total. The van der Waals surface area contributed by atoms with Crippen molar-refractivity contribution in [2.45, 2.75) is 39.5 Å². The van der Waals surface area contributed by atoms with Crippen molar-refractivity contribution >= 4 is 22.9 Å². The van der Waals surface area contributed by atoms with Crippen molar-refractivity contribution in [3.63, 3.8) is 0 Å². The highest BCUT2D eigenvalue weighted by atomic mass is 32.1. The van der Waals surface area contributed by atoms with Crippen molar-refractivity contribution in [1.29, 1.82) is 0 Å². The molecule has 0 spiro atoms. The van der Waals surface area contributed by atoms with E-state index >= 15 is 0 Å². The van der Waals surface area contributed by atoms with Crippen molar-refractivity contribution in [3.8, 4) is 0 Å². The van der Waals surface area contributed by atoms with Crippen LogP contribution in [0.4, 0.5) is 0 Å². The quantitative estimate of drug-likeness (QED) is 0.758. The molecule has 3 heteroatoms. The Labute approximate surface area is 106 Å². The zero-order valence-electron chi connectivity index (χ0n) is 10.6. The second-order valence-electron chi connectivity index (χ2n) is 5.34. The van der Waals surface area contributed by atoms with Gasteiger partial charge in [0, 0.05) is 22.4 Å². The van der Waals surface area contributed by atoms with Gasteiger partial charge in [-0.15, -0.1) is 0 Å². The van der Waals surface area contributed by atoms with E-state index in [-0.39, 0.29) is 11.2 Å². The lowest BCUT2D eigenvalue weighted by atomic mass is 9.85. The highest BCUT2D eigenvalue weighted by Gasteiger charge is 2.27. The molecular weight excluding hydrogens is 230 g/mol. The Morgan fingerprint density at radius 3 is 2.71 bits per heavy atom. The SMILES string of the molecule is CC1=C(c2[c]nsc2C(C)(C)C)C(=O)CC=C1. The van der Waals surface area contributed by atoms with Gasteiger partial charge in [-0.3, -0.25) is 4.79 Å². The Balaban J connectivity index is 2.59. The van der Waals surface area contributed by atoms with Crippen molar-refractivity contribution < 1.29 is 4.79 Å². The van der Waals surface area contributed by atoms with Crippen LogP contribution in [0.2, 0.25) is 0 Å². The minimum absolute atomic E-state index is 0.00171. The zero-order valence-corrected chi connectivity index (χ0v) is 11.4. The van der Waals surface area contributed by atoms with Crippen molar-refractivity contribution in [2.75, 3.05) is 0 Å². The Kier molecular flexibility index (Phi) is 3.04. The van der Waals surface area contributed by atoms with Gasteiger partial charge in [0.25, 0.3) is 0 Å². The van der Waals surface area contributed by atoms with Crippen LogP contribution in [-0.2, 0) is 10.2 Å². The number of hydrogen-bond donors (Lipinski definition) is 0. The largest absolute Gasteiger partial charge is 0.294 e. The molecule has 0 aliphatic heterocycles. The third kappa shape index (κ3) is 2.25. The van der Waals surface area contributed by atoms with Gasteiger partial charge in [-0.1, -0.05) is 32.9 Å². The molecule has 0 saturated carbocycles. The molecule has 2 rings (SSSR count). The van der Waals surface area contributed by atoms with Gasteiger partial charge < -0.3 is 0 Å². The molecule has 1 aliphatic carbocycles. The number of ketones is 1. The summed E-state index contributed by atoms with van der Waals surface area (Å²) < 4.78 is 4.14. The van der Waals surface area contributed by atoms with E-state index in [0.717, 1.165) is 21.6 Å². The van der Waals surface area contributed by atoms with E-state index < -0.39 is 0 Å². The smallest absolute Gasteiger partial charge is 0.167 e. The average Bonchev–Trinajstić information content (AvgIpc) is 2.65. The summed E-state index contributed by atoms with van der Waals surface area (Å²) in [7, 11) is 0. The van der Waals surface area contributed by atoms with E-state index in [9.17, 15) is 4.79 Å². The lowest BCUT2D eigenvalue weighted by molar-refractivity contribution is -0.113. The molecule has 1 aromatic heterocycles. The molecule has 1 radical (unpaired) electrons. The Bertz CT molecular complexity index is 515. The number of rotatable bonds is 1. The molecular formula is C14H16NOS. The maximum absolute atomic E-state index is 12.0. The number of hydrogen-bond acceptors (Lipinski definition) is 3. The topological polar surface area (TPSA) is 30.0 Å². The first-order chi connectivity index (χ1) is 7.91. The fourth-order valence-corrected chi connectivity index (χ4v) is 2.72. The van der Waals surface area contributed by atoms with E-state index in [0.29, 0.717) is 6.42 Å². The molecule has 0 atom stereocenters. The van der Waals surface area contributed by atoms with Gasteiger partial charge in [-0.25, -0.2) is 0 Å². The summed E-state index contributed by atoms with van der Waals surface area (Å²) in [5.41, 5.74) is 2.71. The first-order valence-electron chi connectivity index (χ1n) is 5.70. The molecule has 0 aromatic carbocycles. The van der Waals surface area contributed by atoms with E-state index in [4.69, 9.17) is 0 Å². The van der Waals surface area contributed by atoms with Crippen LogP contribution in [-0.4, -0.2) is 10.2 Å². The molecule has 17 heavy (non-hydrogen) atoms. The minimum atomic E-state index is 0.00171. The molecule has 89 valence electrons. The molecule has 1 aliphatic rings. The fraction of sp³-hybridized carbons (Fsp3) is 0.429. The first kappa shape index (κ1) is 12.2. The predicted octanol–water partition coefficient (Wildman–Crippen LogP) is 3.54. The van der Waals surface area contributed by atoms with Gasteiger partial charge in [0.05, 0.1) is 0 Å². The number of nitrogens with zero attached hydrogens (tertiary/aromatic N) is 1. The molecule has 1 heterocycles. The third-order valence-electron chi connectivity index (χ3n) is 2.80. The van der Waals surface area contributed by atoms with Crippen LogP contribution in [0.25, 0.3) is 5.57 Å². The number of allylic oxidation sites excluding steroid dienone is 4. The van der Waals surface area contributed by atoms with Gasteiger partial charge in [0.2, 0.25) is 0 Å². The Morgan fingerprint density at radius 1 is 1.41 bits per heavy atom. The fourth-order valence-electron chi connectivity index (χ4n) is 1.98. The number of aromatic nitrogens is 1. The second-order valence-corrected chi connectivity index (χ2v) is 6.11. The van der Waals surface area contributed by atoms with Crippen LogP contribution >= 0.6 is 11.5 Å². The number of Topliss-reactive ketones (excluding diaryl/α,β-unsaturated/α-hetero) is 1. The van der Waals surface area contributed by atoms with Crippen molar-refractivity contribution in [2.24, 2.45) is 0 Å². The number of carbonyl (C=O) groups excluding carboxylic acids is 1. The lowest BCUT2D eigenvalue weighted by Crippen LogP contribution is -2.14. The summed E-state index contributed by atoms with van der Waals surface area (Å²) in [6.07, 6.45) is 7.41. The van der Waals surface area contributed by atoms with Gasteiger partial charge in [0.15, 0.2) is 5.78 Å². The monoisotopic (exact) mass is 246 g/mol. The molecule has 1 aromatic rings. The van der Waals surface area contributed by atoms with E-state index in [2.05, 4.69) is 31.3 Å². The standard InChI is InChI=1S/C14H16NOS/c1-9-6-5-7-11(16)12(9)10-8-15-17-13(10)14(2,3)4/h5-6H,7H2,1-4H3. The predicted molar refractivity (Wildman–Crippen MR) is 71.0 cm³/mol. The normalized spacial score (nSPS) is 16.8. The summed E-state index contributed by atoms with van der Waals surface area (Å²) in [6.45, 7) is 8.38. The molecule has 0 N–H and O–H groups in total. The van der Waals surface area contributed by atoms with Crippen molar-refractivity contribution in [3.05, 3.63) is 34.4 Å². The van der Waals surface area contributed by atoms with Crippen molar-refractivity contribution in [1.82, 2.24) is 4.37 Å². The Hall–Kier alpha value is -1.22. The van der Waals surface area contributed by atoms with Gasteiger partial charge >= 0.3 is 0 Å². The van der Waals surface area contributed by atoms with Crippen LogP contribution in [0.5, 0.6) is 0 Å². The molecule has 0 bridgehead atoms. The van der Waals surface area contributed by atoms with E-state index in [1.165, 1.54) is 11.5 Å². The average molecular weight is 246 g/mol. The van der Waals surface area contributed by atoms with Crippen LogP contribution < -0.4 is 0 Å². The van der Waals surface area contributed by atoms with Gasteiger partial charge in [-0.05, 0) is 29.4 Å². The summed E-state index contributed by atoms with van der Waals surface area (Å²) in [4.78, 5) is 13.2.